The van der Waals surface area contributed by atoms with Gasteiger partial charge in [0.2, 0.25) is 5.91 Å². The summed E-state index contributed by atoms with van der Waals surface area (Å²) >= 11 is 3.40. The maximum absolute atomic E-state index is 11.9. The number of carbonyl (C=O) groups excluding carboxylic acids is 1. The Morgan fingerprint density at radius 1 is 1.30 bits per heavy atom. The first-order valence-electron chi connectivity index (χ1n) is 6.97. The molecule has 1 amide bonds. The number of nitrogens with zero attached hydrogens (tertiary/aromatic N) is 1. The Hall–Kier alpha value is -0.910. The summed E-state index contributed by atoms with van der Waals surface area (Å²) < 4.78 is 0.983. The lowest BCUT2D eigenvalue weighted by Crippen LogP contribution is -2.52. The molecule has 0 aliphatic carbocycles. The fraction of sp³-hybridized carbons (Fsp3) is 0.533. The van der Waals surface area contributed by atoms with Crippen molar-refractivity contribution in [1.29, 1.82) is 0 Å². The number of carbonyl (C=O) groups is 1. The van der Waals surface area contributed by atoms with Gasteiger partial charge in [-0.25, -0.2) is 0 Å². The van der Waals surface area contributed by atoms with Crippen LogP contribution in [-0.2, 0) is 10.3 Å². The molecular formula is C15H24BrN3O. The van der Waals surface area contributed by atoms with Gasteiger partial charge in [-0.1, -0.05) is 41.9 Å². The van der Waals surface area contributed by atoms with Crippen LogP contribution in [0.4, 0.5) is 0 Å². The summed E-state index contributed by atoms with van der Waals surface area (Å²) in [5.74, 6) is -0.362. The largest absolute Gasteiger partial charge is 0.368 e. The molecule has 3 N–H and O–H groups in total. The summed E-state index contributed by atoms with van der Waals surface area (Å²) in [5, 5.41) is 3.30. The highest BCUT2D eigenvalue weighted by atomic mass is 79.9. The molecule has 112 valence electrons. The second-order valence-electron chi connectivity index (χ2n) is 4.95. The molecule has 0 saturated carbocycles. The van der Waals surface area contributed by atoms with Crippen LogP contribution in [0.25, 0.3) is 0 Å². The Morgan fingerprint density at radius 2 is 1.85 bits per heavy atom. The van der Waals surface area contributed by atoms with E-state index in [1.807, 2.05) is 31.2 Å². The molecule has 1 rings (SSSR count). The summed E-state index contributed by atoms with van der Waals surface area (Å²) in [5.41, 5.74) is 5.64. The van der Waals surface area contributed by atoms with Gasteiger partial charge in [0.1, 0.15) is 5.54 Å². The molecule has 20 heavy (non-hydrogen) atoms. The smallest absolute Gasteiger partial charge is 0.242 e. The minimum atomic E-state index is -0.839. The van der Waals surface area contributed by atoms with Crippen LogP contribution in [0, 0.1) is 0 Å². The van der Waals surface area contributed by atoms with Gasteiger partial charge in [-0.05, 0) is 37.7 Å². The highest BCUT2D eigenvalue weighted by Crippen LogP contribution is 2.22. The van der Waals surface area contributed by atoms with Crippen molar-refractivity contribution in [2.45, 2.75) is 26.3 Å². The standard InChI is InChI=1S/C15H24BrN3O/c1-4-19(5-2)11-10-18-15(3,14(17)20)12-6-8-13(16)9-7-12/h6-9,18H,4-5,10-11H2,1-3H3,(H2,17,20). The number of benzene rings is 1. The van der Waals surface area contributed by atoms with E-state index in [4.69, 9.17) is 5.73 Å². The van der Waals surface area contributed by atoms with Crippen LogP contribution in [0.3, 0.4) is 0 Å². The molecule has 0 aromatic heterocycles. The van der Waals surface area contributed by atoms with Gasteiger partial charge in [0.15, 0.2) is 0 Å². The van der Waals surface area contributed by atoms with Crippen molar-refractivity contribution in [2.75, 3.05) is 26.2 Å². The van der Waals surface area contributed by atoms with Gasteiger partial charge in [0.25, 0.3) is 0 Å². The summed E-state index contributed by atoms with van der Waals surface area (Å²) in [4.78, 5) is 14.2. The highest BCUT2D eigenvalue weighted by Gasteiger charge is 2.32. The number of halogens is 1. The van der Waals surface area contributed by atoms with Crippen LogP contribution in [0.5, 0.6) is 0 Å². The van der Waals surface area contributed by atoms with E-state index in [1.54, 1.807) is 0 Å². The van der Waals surface area contributed by atoms with Gasteiger partial charge in [-0.2, -0.15) is 0 Å². The molecule has 1 atom stereocenters. The molecule has 5 heteroatoms. The Labute approximate surface area is 129 Å². The van der Waals surface area contributed by atoms with Gasteiger partial charge in [0.05, 0.1) is 0 Å². The summed E-state index contributed by atoms with van der Waals surface area (Å²) in [6.45, 7) is 9.72. The van der Waals surface area contributed by atoms with E-state index in [-0.39, 0.29) is 5.91 Å². The average molecular weight is 342 g/mol. The molecule has 0 aliphatic rings. The van der Waals surface area contributed by atoms with E-state index in [0.29, 0.717) is 0 Å². The lowest BCUT2D eigenvalue weighted by atomic mass is 9.91. The van der Waals surface area contributed by atoms with Gasteiger partial charge in [-0.3, -0.25) is 10.1 Å². The molecule has 1 aromatic rings. The third-order valence-electron chi connectivity index (χ3n) is 3.72. The van der Waals surface area contributed by atoms with Crippen molar-refractivity contribution < 1.29 is 4.79 Å². The lowest BCUT2D eigenvalue weighted by Gasteiger charge is -2.29. The summed E-state index contributed by atoms with van der Waals surface area (Å²) in [6.07, 6.45) is 0. The molecule has 1 unspecified atom stereocenters. The van der Waals surface area contributed by atoms with Gasteiger partial charge in [0, 0.05) is 17.6 Å². The number of primary amides is 1. The van der Waals surface area contributed by atoms with E-state index in [0.717, 1.165) is 36.2 Å². The first kappa shape index (κ1) is 17.1. The van der Waals surface area contributed by atoms with Crippen molar-refractivity contribution in [3.05, 3.63) is 34.3 Å². The molecule has 0 spiro atoms. The van der Waals surface area contributed by atoms with Crippen LogP contribution in [0.2, 0.25) is 0 Å². The SMILES string of the molecule is CCN(CC)CCNC(C)(C(N)=O)c1ccc(Br)cc1. The molecule has 4 nitrogen and oxygen atoms in total. The monoisotopic (exact) mass is 341 g/mol. The number of nitrogens with one attached hydrogen (secondary N) is 1. The minimum absolute atomic E-state index is 0.362. The molecular weight excluding hydrogens is 318 g/mol. The molecule has 0 aliphatic heterocycles. The zero-order chi connectivity index (χ0) is 15.2. The van der Waals surface area contributed by atoms with E-state index in [1.165, 1.54) is 0 Å². The highest BCUT2D eigenvalue weighted by molar-refractivity contribution is 9.10. The van der Waals surface area contributed by atoms with Crippen molar-refractivity contribution in [2.24, 2.45) is 5.73 Å². The van der Waals surface area contributed by atoms with Gasteiger partial charge >= 0.3 is 0 Å². The number of nitrogens with two attached hydrogens (primary N) is 1. The third kappa shape index (κ3) is 4.30. The zero-order valence-corrected chi connectivity index (χ0v) is 14.0. The van der Waals surface area contributed by atoms with Gasteiger partial charge < -0.3 is 10.6 Å². The predicted octanol–water partition coefficient (Wildman–Crippen LogP) is 2.08. The van der Waals surface area contributed by atoms with E-state index in [2.05, 4.69) is 40.0 Å². The van der Waals surface area contributed by atoms with E-state index in [9.17, 15) is 4.79 Å². The maximum Gasteiger partial charge on any atom is 0.242 e. The topological polar surface area (TPSA) is 58.4 Å². The maximum atomic E-state index is 11.9. The second kappa shape index (κ2) is 7.76. The Bertz CT molecular complexity index is 431. The summed E-state index contributed by atoms with van der Waals surface area (Å²) in [7, 11) is 0. The van der Waals surface area contributed by atoms with Crippen molar-refractivity contribution in [3.63, 3.8) is 0 Å². The predicted molar refractivity (Wildman–Crippen MR) is 86.5 cm³/mol. The van der Waals surface area contributed by atoms with Crippen molar-refractivity contribution in [1.82, 2.24) is 10.2 Å². The number of likely N-dealkylation sites (N-methyl/N-ethyl adjacent to an activating group) is 1. The molecule has 0 saturated heterocycles. The molecule has 0 fully saturated rings. The fourth-order valence-corrected chi connectivity index (χ4v) is 2.38. The molecule has 0 radical (unpaired) electrons. The number of hydrogen-bond donors (Lipinski definition) is 2. The molecule has 0 heterocycles. The normalized spacial score (nSPS) is 14.2. The van der Waals surface area contributed by atoms with Gasteiger partial charge in [-0.15, -0.1) is 0 Å². The Morgan fingerprint density at radius 3 is 2.30 bits per heavy atom. The van der Waals surface area contributed by atoms with Crippen molar-refractivity contribution in [3.8, 4) is 0 Å². The zero-order valence-electron chi connectivity index (χ0n) is 12.4. The number of hydrogen-bond acceptors (Lipinski definition) is 3. The first-order chi connectivity index (χ1) is 9.43. The van der Waals surface area contributed by atoms with Crippen LogP contribution in [0.1, 0.15) is 26.3 Å². The van der Waals surface area contributed by atoms with Crippen molar-refractivity contribution >= 4 is 21.8 Å². The van der Waals surface area contributed by atoms with E-state index >= 15 is 0 Å². The Kier molecular flexibility index (Phi) is 6.65. The Balaban J connectivity index is 2.77. The number of amides is 1. The summed E-state index contributed by atoms with van der Waals surface area (Å²) in [6, 6.07) is 7.67. The number of rotatable bonds is 8. The minimum Gasteiger partial charge on any atom is -0.368 e. The second-order valence-corrected chi connectivity index (χ2v) is 5.87. The lowest BCUT2D eigenvalue weighted by molar-refractivity contribution is -0.124. The van der Waals surface area contributed by atoms with Crippen LogP contribution in [0.15, 0.2) is 28.7 Å². The third-order valence-corrected chi connectivity index (χ3v) is 4.24. The van der Waals surface area contributed by atoms with Crippen LogP contribution < -0.4 is 11.1 Å². The quantitative estimate of drug-likeness (QED) is 0.761. The molecule has 0 bridgehead atoms. The first-order valence-corrected chi connectivity index (χ1v) is 7.76. The van der Waals surface area contributed by atoms with Crippen LogP contribution in [-0.4, -0.2) is 37.0 Å². The average Bonchev–Trinajstić information content (AvgIpc) is 2.44. The van der Waals surface area contributed by atoms with Crippen LogP contribution >= 0.6 is 15.9 Å². The molecule has 1 aromatic carbocycles. The van der Waals surface area contributed by atoms with E-state index < -0.39 is 5.54 Å². The fourth-order valence-electron chi connectivity index (χ4n) is 2.12.